The standard InChI is InChI=1S/C25H33F3N4O2/c1-17-13-18(2)15-19(14-17)24(34-4,25(26,27)28)22(33)32-11-7-23(8-12-32)6-10-29-16-20(23)21-5-9-30-31(21)3/h5,9,13-15,20,29H,6-8,10-12,16H2,1-4H3. The number of likely N-dealkylation sites (tertiary alicyclic amines) is 1. The van der Waals surface area contributed by atoms with Crippen molar-refractivity contribution in [3.05, 3.63) is 52.8 Å². The maximum atomic E-state index is 14.6. The Hall–Kier alpha value is -2.39. The van der Waals surface area contributed by atoms with E-state index in [9.17, 15) is 18.0 Å². The van der Waals surface area contributed by atoms with Gasteiger partial charge in [-0.05, 0) is 51.1 Å². The number of hydrogen-bond donors (Lipinski definition) is 1. The lowest BCUT2D eigenvalue weighted by Gasteiger charge is -2.50. The highest BCUT2D eigenvalue weighted by Crippen LogP contribution is 2.50. The first-order valence-electron chi connectivity index (χ1n) is 11.7. The normalized spacial score (nSPS) is 22.6. The molecule has 2 aliphatic rings. The summed E-state index contributed by atoms with van der Waals surface area (Å²) in [5.74, 6) is -0.839. The summed E-state index contributed by atoms with van der Waals surface area (Å²) < 4.78 is 50.7. The third-order valence-electron chi connectivity index (χ3n) is 7.78. The molecule has 2 atom stereocenters. The van der Waals surface area contributed by atoms with Gasteiger partial charge in [0, 0.05) is 57.2 Å². The second-order valence-electron chi connectivity index (χ2n) is 9.80. The van der Waals surface area contributed by atoms with E-state index < -0.39 is 17.7 Å². The molecule has 1 aromatic carbocycles. The van der Waals surface area contributed by atoms with Crippen molar-refractivity contribution in [3.63, 3.8) is 0 Å². The van der Waals surface area contributed by atoms with Crippen LogP contribution in [-0.4, -0.2) is 60.1 Å². The highest BCUT2D eigenvalue weighted by molar-refractivity contribution is 5.88. The van der Waals surface area contributed by atoms with Gasteiger partial charge in [0.15, 0.2) is 0 Å². The first-order valence-corrected chi connectivity index (χ1v) is 11.7. The second kappa shape index (κ2) is 9.00. The van der Waals surface area contributed by atoms with Crippen LogP contribution < -0.4 is 5.32 Å². The topological polar surface area (TPSA) is 59.4 Å². The molecule has 0 radical (unpaired) electrons. The van der Waals surface area contributed by atoms with E-state index in [1.807, 2.05) is 17.8 Å². The van der Waals surface area contributed by atoms with E-state index in [1.165, 1.54) is 17.0 Å². The van der Waals surface area contributed by atoms with Crippen LogP contribution in [0.4, 0.5) is 13.2 Å². The van der Waals surface area contributed by atoms with E-state index in [1.54, 1.807) is 26.1 Å². The van der Waals surface area contributed by atoms with Crippen molar-refractivity contribution in [2.45, 2.75) is 50.8 Å². The third kappa shape index (κ3) is 4.02. The van der Waals surface area contributed by atoms with Crippen LogP contribution >= 0.6 is 0 Å². The zero-order chi connectivity index (χ0) is 24.7. The van der Waals surface area contributed by atoms with E-state index in [4.69, 9.17) is 4.74 Å². The van der Waals surface area contributed by atoms with Crippen molar-refractivity contribution < 1.29 is 22.7 Å². The minimum absolute atomic E-state index is 0.0797. The number of nitrogens with zero attached hydrogens (tertiary/aromatic N) is 3. The van der Waals surface area contributed by atoms with Crippen molar-refractivity contribution in [1.82, 2.24) is 20.0 Å². The number of rotatable bonds is 4. The van der Waals surface area contributed by atoms with Gasteiger partial charge < -0.3 is 15.0 Å². The quantitative estimate of drug-likeness (QED) is 0.726. The minimum atomic E-state index is -4.90. The molecule has 0 aliphatic carbocycles. The number of ether oxygens (including phenoxy) is 1. The van der Waals surface area contributed by atoms with Crippen molar-refractivity contribution in [1.29, 1.82) is 0 Å². The van der Waals surface area contributed by atoms with Crippen LogP contribution in [0.3, 0.4) is 0 Å². The number of methoxy groups -OCH3 is 1. The number of carbonyl (C=O) groups is 1. The average Bonchev–Trinajstić information content (AvgIpc) is 3.19. The number of benzene rings is 1. The predicted molar refractivity (Wildman–Crippen MR) is 122 cm³/mol. The van der Waals surface area contributed by atoms with E-state index >= 15 is 0 Å². The summed E-state index contributed by atoms with van der Waals surface area (Å²) >= 11 is 0. The van der Waals surface area contributed by atoms with Gasteiger partial charge in [-0.15, -0.1) is 0 Å². The Balaban J connectivity index is 1.63. The summed E-state index contributed by atoms with van der Waals surface area (Å²) in [7, 11) is 2.89. The molecule has 6 nitrogen and oxygen atoms in total. The maximum absolute atomic E-state index is 14.6. The number of hydrogen-bond acceptors (Lipinski definition) is 4. The Labute approximate surface area is 198 Å². The Morgan fingerprint density at radius 1 is 1.15 bits per heavy atom. The molecular formula is C25H33F3N4O2. The van der Waals surface area contributed by atoms with Gasteiger partial charge in [-0.1, -0.05) is 29.3 Å². The number of aromatic nitrogens is 2. The van der Waals surface area contributed by atoms with Crippen LogP contribution in [0.25, 0.3) is 0 Å². The van der Waals surface area contributed by atoms with Gasteiger partial charge in [0.1, 0.15) is 0 Å². The van der Waals surface area contributed by atoms with Gasteiger partial charge in [0.2, 0.25) is 0 Å². The zero-order valence-corrected chi connectivity index (χ0v) is 20.2. The van der Waals surface area contributed by atoms with Crippen LogP contribution in [0, 0.1) is 19.3 Å². The average molecular weight is 479 g/mol. The molecule has 2 unspecified atom stereocenters. The third-order valence-corrected chi connectivity index (χ3v) is 7.78. The van der Waals surface area contributed by atoms with Crippen molar-refractivity contribution in [3.8, 4) is 0 Å². The molecule has 0 bridgehead atoms. The molecule has 9 heteroatoms. The van der Waals surface area contributed by atoms with Gasteiger partial charge in [-0.25, -0.2) is 0 Å². The van der Waals surface area contributed by atoms with E-state index in [-0.39, 0.29) is 30.0 Å². The number of nitrogens with one attached hydrogen (secondary N) is 1. The Bertz CT molecular complexity index is 1020. The fourth-order valence-corrected chi connectivity index (χ4v) is 6.00. The summed E-state index contributed by atoms with van der Waals surface area (Å²) in [5.41, 5.74) is -0.851. The zero-order valence-electron chi connectivity index (χ0n) is 20.2. The SMILES string of the molecule is COC(C(=O)N1CCC2(CCNCC2c2ccnn2C)CC1)(c1cc(C)cc(C)c1)C(F)(F)F. The number of amides is 1. The monoisotopic (exact) mass is 478 g/mol. The summed E-state index contributed by atoms with van der Waals surface area (Å²) in [6, 6.07) is 6.60. The van der Waals surface area contributed by atoms with Crippen molar-refractivity contribution >= 4 is 5.91 Å². The molecule has 4 rings (SSSR count). The molecule has 186 valence electrons. The van der Waals surface area contributed by atoms with E-state index in [0.29, 0.717) is 24.0 Å². The van der Waals surface area contributed by atoms with Crippen LogP contribution in [0.5, 0.6) is 0 Å². The van der Waals surface area contributed by atoms with Gasteiger partial charge in [0.05, 0.1) is 0 Å². The van der Waals surface area contributed by atoms with E-state index in [2.05, 4.69) is 10.4 Å². The summed E-state index contributed by atoms with van der Waals surface area (Å²) in [5, 5.41) is 7.76. The molecule has 2 aliphatic heterocycles. The number of halogens is 3. The molecule has 0 saturated carbocycles. The molecule has 1 aromatic heterocycles. The number of carbonyl (C=O) groups excluding carboxylic acids is 1. The Morgan fingerprint density at radius 2 is 1.79 bits per heavy atom. The number of alkyl halides is 3. The van der Waals surface area contributed by atoms with Gasteiger partial charge in [-0.2, -0.15) is 18.3 Å². The summed E-state index contributed by atoms with van der Waals surface area (Å²) in [6.07, 6.45) is -0.936. The second-order valence-corrected chi connectivity index (χ2v) is 9.80. The van der Waals surface area contributed by atoms with Crippen LogP contribution in [0.1, 0.15) is 47.6 Å². The van der Waals surface area contributed by atoms with E-state index in [0.717, 1.165) is 32.3 Å². The van der Waals surface area contributed by atoms with Crippen molar-refractivity contribution in [2.24, 2.45) is 12.5 Å². The van der Waals surface area contributed by atoms with Crippen LogP contribution in [-0.2, 0) is 22.2 Å². The van der Waals surface area contributed by atoms with Gasteiger partial charge in [0.25, 0.3) is 11.5 Å². The minimum Gasteiger partial charge on any atom is -0.356 e. The maximum Gasteiger partial charge on any atom is 0.430 e. The smallest absolute Gasteiger partial charge is 0.356 e. The first-order chi connectivity index (χ1) is 16.0. The molecule has 34 heavy (non-hydrogen) atoms. The van der Waals surface area contributed by atoms with Gasteiger partial charge in [-0.3, -0.25) is 9.48 Å². The Morgan fingerprint density at radius 3 is 2.32 bits per heavy atom. The molecule has 1 amide bonds. The molecule has 2 fully saturated rings. The number of aryl methyl sites for hydroxylation is 3. The molecule has 3 heterocycles. The molecule has 2 aromatic rings. The fraction of sp³-hybridized carbons (Fsp3) is 0.600. The lowest BCUT2D eigenvalue weighted by Crippen LogP contribution is -2.60. The highest BCUT2D eigenvalue weighted by Gasteiger charge is 2.64. The summed E-state index contributed by atoms with van der Waals surface area (Å²) in [6.45, 7) is 5.62. The largest absolute Gasteiger partial charge is 0.430 e. The molecule has 1 N–H and O–H groups in total. The first kappa shape index (κ1) is 24.7. The Kier molecular flexibility index (Phi) is 6.54. The predicted octanol–water partition coefficient (Wildman–Crippen LogP) is 3.83. The highest BCUT2D eigenvalue weighted by atomic mass is 19.4. The molecular weight excluding hydrogens is 445 g/mol. The van der Waals surface area contributed by atoms with Crippen molar-refractivity contribution in [2.75, 3.05) is 33.3 Å². The molecule has 2 saturated heterocycles. The van der Waals surface area contributed by atoms with Gasteiger partial charge >= 0.3 is 6.18 Å². The number of piperidine rings is 2. The lowest BCUT2D eigenvalue weighted by molar-refractivity contribution is -0.271. The van der Waals surface area contributed by atoms with Crippen LogP contribution in [0.15, 0.2) is 30.5 Å². The lowest BCUT2D eigenvalue weighted by atomic mass is 9.63. The molecule has 1 spiro atoms. The fourth-order valence-electron chi connectivity index (χ4n) is 6.00. The summed E-state index contributed by atoms with van der Waals surface area (Å²) in [4.78, 5) is 15.0. The van der Waals surface area contributed by atoms with Crippen LogP contribution in [0.2, 0.25) is 0 Å².